The molecule has 0 aromatic heterocycles. The molecule has 3 heteroatoms. The Morgan fingerprint density at radius 2 is 2.08 bits per heavy atom. The Kier molecular flexibility index (Phi) is 1.90. The maximum absolute atomic E-state index is 11.7. The van der Waals surface area contributed by atoms with Crippen LogP contribution in [0.5, 0.6) is 0 Å². The van der Waals surface area contributed by atoms with Crippen LogP contribution in [0.4, 0.5) is 0 Å². The summed E-state index contributed by atoms with van der Waals surface area (Å²) in [5.74, 6) is 1.02. The van der Waals surface area contributed by atoms with Crippen molar-refractivity contribution in [3.8, 4) is 0 Å². The summed E-state index contributed by atoms with van der Waals surface area (Å²) in [5.41, 5.74) is 0. The van der Waals surface area contributed by atoms with Crippen LogP contribution in [0.15, 0.2) is 0 Å². The lowest BCUT2D eigenvalue weighted by Gasteiger charge is -2.23. The second-order valence-electron chi connectivity index (χ2n) is 4.45. The fraction of sp³-hybridized carbons (Fsp3) is 0.800. The second kappa shape index (κ2) is 2.82. The number of hydrogen-bond donors (Lipinski definition) is 0. The van der Waals surface area contributed by atoms with Crippen LogP contribution in [0.25, 0.3) is 0 Å². The number of carbonyl (C=O) groups excluding carboxylic acids is 2. The van der Waals surface area contributed by atoms with Gasteiger partial charge in [0.25, 0.3) is 0 Å². The van der Waals surface area contributed by atoms with Gasteiger partial charge in [-0.25, -0.2) is 0 Å². The van der Waals surface area contributed by atoms with Crippen LogP contribution >= 0.6 is 0 Å². The van der Waals surface area contributed by atoms with Crippen molar-refractivity contribution in [1.29, 1.82) is 0 Å². The highest BCUT2D eigenvalue weighted by molar-refractivity contribution is 5.91. The Morgan fingerprint density at radius 3 is 2.54 bits per heavy atom. The Morgan fingerprint density at radius 1 is 1.38 bits per heavy atom. The zero-order valence-corrected chi connectivity index (χ0v) is 8.12. The molecule has 2 rings (SSSR count). The highest BCUT2D eigenvalue weighted by Gasteiger charge is 2.48. The number of fused-ring (bicyclic) bond motifs is 2. The van der Waals surface area contributed by atoms with Gasteiger partial charge in [0.15, 0.2) is 0 Å². The first-order chi connectivity index (χ1) is 6.09. The van der Waals surface area contributed by atoms with Gasteiger partial charge in [0.05, 0.1) is 0 Å². The third-order valence-corrected chi connectivity index (χ3v) is 3.32. The molecular formula is C10H15NO2. The zero-order valence-electron chi connectivity index (χ0n) is 8.12. The lowest BCUT2D eigenvalue weighted by molar-refractivity contribution is -0.138. The predicted octanol–water partition coefficient (Wildman–Crippen LogP) is 0.690. The van der Waals surface area contributed by atoms with Gasteiger partial charge in [-0.05, 0) is 18.8 Å². The van der Waals surface area contributed by atoms with E-state index in [-0.39, 0.29) is 17.7 Å². The standard InChI is InChI=1S/C10H15NO2/c1-11(2)10(13)8-4-6-3-7(8)9(12)5-6/h6-8H,3-5H2,1-2H3/t6-,7-,8-/m1/s1. The molecule has 2 bridgehead atoms. The number of nitrogens with zero attached hydrogens (tertiary/aromatic N) is 1. The van der Waals surface area contributed by atoms with E-state index in [4.69, 9.17) is 0 Å². The largest absolute Gasteiger partial charge is 0.349 e. The molecule has 2 aliphatic rings. The highest BCUT2D eigenvalue weighted by atomic mass is 16.2. The van der Waals surface area contributed by atoms with E-state index in [9.17, 15) is 9.59 Å². The molecule has 1 amide bonds. The average Bonchev–Trinajstić information content (AvgIpc) is 2.60. The van der Waals surface area contributed by atoms with Gasteiger partial charge in [-0.15, -0.1) is 0 Å². The molecule has 72 valence electrons. The molecule has 0 aliphatic heterocycles. The first-order valence-corrected chi connectivity index (χ1v) is 4.83. The summed E-state index contributed by atoms with van der Waals surface area (Å²) in [6.07, 6.45) is 2.62. The van der Waals surface area contributed by atoms with Crippen molar-refractivity contribution in [2.24, 2.45) is 17.8 Å². The van der Waals surface area contributed by atoms with E-state index in [0.29, 0.717) is 11.7 Å². The quantitative estimate of drug-likeness (QED) is 0.597. The third kappa shape index (κ3) is 1.26. The van der Waals surface area contributed by atoms with E-state index >= 15 is 0 Å². The number of carbonyl (C=O) groups is 2. The summed E-state index contributed by atoms with van der Waals surface area (Å²) in [6.45, 7) is 0. The van der Waals surface area contributed by atoms with E-state index in [2.05, 4.69) is 0 Å². The predicted molar refractivity (Wildman–Crippen MR) is 48.0 cm³/mol. The van der Waals surface area contributed by atoms with Gasteiger partial charge >= 0.3 is 0 Å². The first-order valence-electron chi connectivity index (χ1n) is 4.83. The number of ketones is 1. The molecule has 0 radical (unpaired) electrons. The van der Waals surface area contributed by atoms with Gasteiger partial charge in [-0.1, -0.05) is 0 Å². The van der Waals surface area contributed by atoms with Crippen LogP contribution < -0.4 is 0 Å². The molecule has 0 aromatic carbocycles. The molecule has 0 spiro atoms. The molecular weight excluding hydrogens is 166 g/mol. The van der Waals surface area contributed by atoms with E-state index in [0.717, 1.165) is 19.3 Å². The molecule has 0 heterocycles. The molecule has 0 unspecified atom stereocenters. The molecule has 3 atom stereocenters. The van der Waals surface area contributed by atoms with Crippen molar-refractivity contribution in [3.63, 3.8) is 0 Å². The summed E-state index contributed by atoms with van der Waals surface area (Å²) in [6, 6.07) is 0. The van der Waals surface area contributed by atoms with Crippen LogP contribution in [0.3, 0.4) is 0 Å². The monoisotopic (exact) mass is 181 g/mol. The molecule has 2 saturated carbocycles. The highest BCUT2D eigenvalue weighted by Crippen LogP contribution is 2.46. The van der Waals surface area contributed by atoms with Gasteiger partial charge < -0.3 is 4.90 Å². The fourth-order valence-corrected chi connectivity index (χ4v) is 2.71. The minimum absolute atomic E-state index is 0.00116. The number of rotatable bonds is 1. The van der Waals surface area contributed by atoms with Crippen molar-refractivity contribution in [2.45, 2.75) is 19.3 Å². The SMILES string of the molecule is CN(C)C(=O)[C@@H]1C[C@@H]2CC(=O)[C@@H]1C2. The Labute approximate surface area is 78.1 Å². The smallest absolute Gasteiger partial charge is 0.225 e. The second-order valence-corrected chi connectivity index (χ2v) is 4.45. The van der Waals surface area contributed by atoms with Gasteiger partial charge in [-0.2, -0.15) is 0 Å². The molecule has 0 aromatic rings. The third-order valence-electron chi connectivity index (χ3n) is 3.32. The zero-order chi connectivity index (χ0) is 9.59. The van der Waals surface area contributed by atoms with E-state index < -0.39 is 0 Å². The van der Waals surface area contributed by atoms with Crippen molar-refractivity contribution < 1.29 is 9.59 Å². The van der Waals surface area contributed by atoms with Crippen molar-refractivity contribution >= 4 is 11.7 Å². The van der Waals surface area contributed by atoms with Crippen LogP contribution in [0.1, 0.15) is 19.3 Å². The summed E-state index contributed by atoms with van der Waals surface area (Å²) in [5, 5.41) is 0. The minimum Gasteiger partial charge on any atom is -0.349 e. The normalized spacial score (nSPS) is 36.8. The minimum atomic E-state index is 0.00116. The van der Waals surface area contributed by atoms with E-state index in [1.807, 2.05) is 0 Å². The van der Waals surface area contributed by atoms with Crippen molar-refractivity contribution in [3.05, 3.63) is 0 Å². The Balaban J connectivity index is 2.11. The maximum atomic E-state index is 11.7. The van der Waals surface area contributed by atoms with Crippen molar-refractivity contribution in [2.75, 3.05) is 14.1 Å². The van der Waals surface area contributed by atoms with Crippen LogP contribution in [0.2, 0.25) is 0 Å². The van der Waals surface area contributed by atoms with Gasteiger partial charge in [0.2, 0.25) is 5.91 Å². The molecule has 3 nitrogen and oxygen atoms in total. The number of Topliss-reactive ketones (excluding diaryl/α,β-unsaturated/α-hetero) is 1. The topological polar surface area (TPSA) is 37.4 Å². The van der Waals surface area contributed by atoms with Gasteiger partial charge in [0, 0.05) is 32.4 Å². The van der Waals surface area contributed by atoms with Crippen LogP contribution in [-0.4, -0.2) is 30.7 Å². The first kappa shape index (κ1) is 8.73. The number of amides is 1. The molecule has 0 saturated heterocycles. The van der Waals surface area contributed by atoms with Crippen LogP contribution in [-0.2, 0) is 9.59 Å². The summed E-state index contributed by atoms with van der Waals surface area (Å²) in [7, 11) is 3.53. The lowest BCUT2D eigenvalue weighted by atomic mass is 9.87. The van der Waals surface area contributed by atoms with E-state index in [1.54, 1.807) is 19.0 Å². The van der Waals surface area contributed by atoms with E-state index in [1.165, 1.54) is 0 Å². The molecule has 2 fully saturated rings. The molecule has 13 heavy (non-hydrogen) atoms. The van der Waals surface area contributed by atoms with Gasteiger partial charge in [-0.3, -0.25) is 9.59 Å². The maximum Gasteiger partial charge on any atom is 0.225 e. The Bertz CT molecular complexity index is 260. The molecule has 0 N–H and O–H groups in total. The number of hydrogen-bond acceptors (Lipinski definition) is 2. The summed E-state index contributed by atoms with van der Waals surface area (Å²) in [4.78, 5) is 24.7. The fourth-order valence-electron chi connectivity index (χ4n) is 2.71. The summed E-state index contributed by atoms with van der Waals surface area (Å²) < 4.78 is 0. The van der Waals surface area contributed by atoms with Crippen molar-refractivity contribution in [1.82, 2.24) is 4.90 Å². The Hall–Kier alpha value is -0.860. The lowest BCUT2D eigenvalue weighted by Crippen LogP contribution is -2.35. The summed E-state index contributed by atoms with van der Waals surface area (Å²) >= 11 is 0. The van der Waals surface area contributed by atoms with Crippen LogP contribution in [0, 0.1) is 17.8 Å². The average molecular weight is 181 g/mol. The molecule has 2 aliphatic carbocycles. The van der Waals surface area contributed by atoms with Gasteiger partial charge in [0.1, 0.15) is 5.78 Å².